The van der Waals surface area contributed by atoms with Gasteiger partial charge in [0.05, 0.1) is 22.6 Å². The number of likely N-dealkylation sites (tertiary alicyclic amines) is 1. The average Bonchev–Trinajstić information content (AvgIpc) is 3.01. The molecule has 2 heterocycles. The number of hydrogen-bond donors (Lipinski definition) is 1. The van der Waals surface area contributed by atoms with Crippen LogP contribution in [0, 0.1) is 19.8 Å². The molecular weight excluding hydrogens is 591 g/mol. The Balaban J connectivity index is 1.27. The van der Waals surface area contributed by atoms with Gasteiger partial charge in [0.15, 0.2) is 0 Å². The van der Waals surface area contributed by atoms with E-state index in [1.165, 1.54) is 5.56 Å². The van der Waals surface area contributed by atoms with Gasteiger partial charge in [0.2, 0.25) is 5.91 Å². The van der Waals surface area contributed by atoms with Crippen LogP contribution in [0.1, 0.15) is 51.5 Å². The number of piperazine rings is 1. The second-order valence-electron chi connectivity index (χ2n) is 12.2. The predicted molar refractivity (Wildman–Crippen MR) is 179 cm³/mol. The van der Waals surface area contributed by atoms with Crippen LogP contribution >= 0.6 is 23.2 Å². The fraction of sp³-hybridized carbons (Fsp3) is 0.389. The van der Waals surface area contributed by atoms with Crippen LogP contribution < -0.4 is 5.32 Å². The Morgan fingerprint density at radius 3 is 2.39 bits per heavy atom. The molecule has 0 spiro atoms. The van der Waals surface area contributed by atoms with Crippen molar-refractivity contribution in [3.05, 3.63) is 117 Å². The molecule has 0 bridgehead atoms. The summed E-state index contributed by atoms with van der Waals surface area (Å²) in [5.74, 6) is 0.362. The first-order chi connectivity index (χ1) is 21.2. The van der Waals surface area contributed by atoms with Gasteiger partial charge in [0.1, 0.15) is 0 Å². The van der Waals surface area contributed by atoms with E-state index >= 15 is 0 Å². The lowest BCUT2D eigenvalue weighted by atomic mass is 9.89. The number of aryl methyl sites for hydroxylation is 2. The second kappa shape index (κ2) is 14.7. The fourth-order valence-corrected chi connectivity index (χ4v) is 6.99. The second-order valence-corrected chi connectivity index (χ2v) is 13.0. The molecule has 5 rings (SSSR count). The minimum Gasteiger partial charge on any atom is -0.334 e. The maximum absolute atomic E-state index is 13.9. The molecule has 2 aliphatic heterocycles. The Bertz CT molecular complexity index is 1460. The highest BCUT2D eigenvalue weighted by molar-refractivity contribution is 6.42. The lowest BCUT2D eigenvalue weighted by Crippen LogP contribution is -2.55. The molecule has 0 aliphatic carbocycles. The summed E-state index contributed by atoms with van der Waals surface area (Å²) in [7, 11) is 0. The number of benzene rings is 3. The van der Waals surface area contributed by atoms with Crippen molar-refractivity contribution in [1.29, 1.82) is 0 Å². The van der Waals surface area contributed by atoms with Gasteiger partial charge >= 0.3 is 0 Å². The van der Waals surface area contributed by atoms with Crippen molar-refractivity contribution in [2.24, 2.45) is 5.92 Å². The molecule has 0 aromatic heterocycles. The lowest BCUT2D eigenvalue weighted by molar-refractivity contribution is -0.135. The maximum atomic E-state index is 13.9. The fourth-order valence-electron chi connectivity index (χ4n) is 6.69. The SMILES string of the molecule is C=CCC1CN(Cc2ccccc2)CCC1NCC(=O)N1CCN(C(=O)c2cc(C)cc(C)c2)CC1c1ccc(Cl)c(Cl)c1. The van der Waals surface area contributed by atoms with Crippen LogP contribution in [0.4, 0.5) is 0 Å². The van der Waals surface area contributed by atoms with Crippen molar-refractivity contribution >= 4 is 35.0 Å². The van der Waals surface area contributed by atoms with Crippen molar-refractivity contribution in [2.75, 3.05) is 39.3 Å². The van der Waals surface area contributed by atoms with Crippen LogP contribution in [0.3, 0.4) is 0 Å². The third kappa shape index (κ3) is 7.91. The van der Waals surface area contributed by atoms with Crippen LogP contribution in [-0.4, -0.2) is 71.8 Å². The quantitative estimate of drug-likeness (QED) is 0.267. The molecule has 2 aliphatic rings. The maximum Gasteiger partial charge on any atom is 0.254 e. The normalized spacial score (nSPS) is 20.9. The van der Waals surface area contributed by atoms with Gasteiger partial charge in [-0.1, -0.05) is 82.9 Å². The molecule has 2 amide bonds. The molecule has 2 saturated heterocycles. The van der Waals surface area contributed by atoms with E-state index in [2.05, 4.69) is 47.1 Å². The molecule has 3 unspecified atom stereocenters. The van der Waals surface area contributed by atoms with Gasteiger partial charge in [-0.05, 0) is 74.5 Å². The molecule has 3 aromatic rings. The van der Waals surface area contributed by atoms with Gasteiger partial charge in [0.25, 0.3) is 5.91 Å². The highest BCUT2D eigenvalue weighted by Crippen LogP contribution is 2.32. The van der Waals surface area contributed by atoms with Crippen LogP contribution in [0.15, 0.2) is 79.4 Å². The van der Waals surface area contributed by atoms with Gasteiger partial charge in [0, 0.05) is 44.3 Å². The largest absolute Gasteiger partial charge is 0.334 e. The molecule has 6 nitrogen and oxygen atoms in total. The number of carbonyl (C=O) groups excluding carboxylic acids is 2. The Labute approximate surface area is 271 Å². The monoisotopic (exact) mass is 632 g/mol. The highest BCUT2D eigenvalue weighted by Gasteiger charge is 2.35. The first kappa shape index (κ1) is 32.2. The van der Waals surface area contributed by atoms with E-state index in [0.29, 0.717) is 41.2 Å². The van der Waals surface area contributed by atoms with Crippen molar-refractivity contribution < 1.29 is 9.59 Å². The van der Waals surface area contributed by atoms with Gasteiger partial charge < -0.3 is 15.1 Å². The van der Waals surface area contributed by atoms with Crippen molar-refractivity contribution in [3.63, 3.8) is 0 Å². The van der Waals surface area contributed by atoms with E-state index in [1.807, 2.05) is 60.1 Å². The Hall–Kier alpha value is -3.16. The van der Waals surface area contributed by atoms with Crippen LogP contribution in [0.2, 0.25) is 10.0 Å². The first-order valence-electron chi connectivity index (χ1n) is 15.4. The third-order valence-corrected chi connectivity index (χ3v) is 9.58. The number of allylic oxidation sites excluding steroid dienone is 1. The zero-order valence-electron chi connectivity index (χ0n) is 25.6. The van der Waals surface area contributed by atoms with Gasteiger partial charge in [-0.15, -0.1) is 6.58 Å². The number of hydrogen-bond acceptors (Lipinski definition) is 4. The lowest BCUT2D eigenvalue weighted by Gasteiger charge is -2.43. The summed E-state index contributed by atoms with van der Waals surface area (Å²) >= 11 is 12.7. The van der Waals surface area contributed by atoms with Crippen molar-refractivity contribution in [3.8, 4) is 0 Å². The summed E-state index contributed by atoms with van der Waals surface area (Å²) in [5, 5.41) is 4.50. The van der Waals surface area contributed by atoms with Crippen molar-refractivity contribution in [1.82, 2.24) is 20.0 Å². The van der Waals surface area contributed by atoms with Gasteiger partial charge in [-0.25, -0.2) is 0 Å². The molecule has 8 heteroatoms. The van der Waals surface area contributed by atoms with E-state index in [-0.39, 0.29) is 30.4 Å². The molecule has 3 aromatic carbocycles. The molecule has 2 fully saturated rings. The Kier molecular flexibility index (Phi) is 10.8. The molecule has 0 saturated carbocycles. The minimum absolute atomic E-state index is 0.0173. The molecule has 0 radical (unpaired) electrons. The van der Waals surface area contributed by atoms with Crippen LogP contribution in [0.5, 0.6) is 0 Å². The number of rotatable bonds is 9. The van der Waals surface area contributed by atoms with E-state index in [1.54, 1.807) is 6.07 Å². The predicted octanol–water partition coefficient (Wildman–Crippen LogP) is 6.69. The third-order valence-electron chi connectivity index (χ3n) is 8.84. The molecule has 3 atom stereocenters. The molecular formula is C36H42Cl2N4O2. The summed E-state index contributed by atoms with van der Waals surface area (Å²) in [6.45, 7) is 12.4. The van der Waals surface area contributed by atoms with E-state index in [0.717, 1.165) is 49.2 Å². The molecule has 44 heavy (non-hydrogen) atoms. The number of nitrogens with one attached hydrogen (secondary N) is 1. The topological polar surface area (TPSA) is 55.9 Å². The van der Waals surface area contributed by atoms with Crippen molar-refractivity contribution in [2.45, 2.75) is 45.3 Å². The Morgan fingerprint density at radius 2 is 1.68 bits per heavy atom. The van der Waals surface area contributed by atoms with E-state index in [9.17, 15) is 9.59 Å². The summed E-state index contributed by atoms with van der Waals surface area (Å²) in [6.07, 6.45) is 3.84. The van der Waals surface area contributed by atoms with Gasteiger partial charge in [-0.2, -0.15) is 0 Å². The summed E-state index contributed by atoms with van der Waals surface area (Å²) in [5.41, 5.74) is 4.95. The summed E-state index contributed by atoms with van der Waals surface area (Å²) in [4.78, 5) is 33.7. The standard InChI is InChI=1S/C36H42Cl2N4O2/c1-4-8-29-23-40(22-27-9-6-5-7-10-27)14-13-33(29)39-21-35(43)42-16-15-41(36(44)30-18-25(2)17-26(3)19-30)24-34(42)28-11-12-31(37)32(38)20-28/h4-7,9-12,17-20,29,33-34,39H,1,8,13-16,21-24H2,2-3H3. The number of halogens is 2. The number of amides is 2. The van der Waals surface area contributed by atoms with Crippen LogP contribution in [0.25, 0.3) is 0 Å². The van der Waals surface area contributed by atoms with Crippen LogP contribution in [-0.2, 0) is 11.3 Å². The summed E-state index contributed by atoms with van der Waals surface area (Å²) in [6, 6.07) is 21.8. The summed E-state index contributed by atoms with van der Waals surface area (Å²) < 4.78 is 0. The molecule has 232 valence electrons. The van der Waals surface area contributed by atoms with E-state index in [4.69, 9.17) is 23.2 Å². The zero-order chi connectivity index (χ0) is 31.2. The van der Waals surface area contributed by atoms with Gasteiger partial charge in [-0.3, -0.25) is 14.5 Å². The minimum atomic E-state index is -0.334. The smallest absolute Gasteiger partial charge is 0.254 e. The molecule has 1 N–H and O–H groups in total. The zero-order valence-corrected chi connectivity index (χ0v) is 27.2. The van der Waals surface area contributed by atoms with E-state index < -0.39 is 0 Å². The Morgan fingerprint density at radius 1 is 0.932 bits per heavy atom. The number of nitrogens with zero attached hydrogens (tertiary/aromatic N) is 3. The first-order valence-corrected chi connectivity index (χ1v) is 16.2. The number of piperidine rings is 1. The average molecular weight is 634 g/mol. The highest BCUT2D eigenvalue weighted by atomic mass is 35.5. The number of carbonyl (C=O) groups is 2.